The number of aliphatic hydroxyl groups excluding tert-OH is 2. The van der Waals surface area contributed by atoms with Crippen LogP contribution in [0.15, 0.2) is 47.6 Å². The summed E-state index contributed by atoms with van der Waals surface area (Å²) in [4.78, 5) is 0. The van der Waals surface area contributed by atoms with Crippen molar-refractivity contribution in [3.63, 3.8) is 0 Å². The first-order valence-corrected chi connectivity index (χ1v) is 12.1. The van der Waals surface area contributed by atoms with Gasteiger partial charge in [-0.1, -0.05) is 50.3 Å². The molecule has 0 unspecified atom stereocenters. The molecule has 4 fully saturated rings. The molecular weight excluding hydrogens is 372 g/mol. The number of rotatable bonds is 4. The molecule has 0 radical (unpaired) electrons. The second kappa shape index (κ2) is 8.41. The van der Waals surface area contributed by atoms with E-state index in [4.69, 9.17) is 0 Å². The Bertz CT molecular complexity index is 756. The third-order valence-electron chi connectivity index (χ3n) is 8.87. The lowest BCUT2D eigenvalue weighted by atomic mass is 9.61. The predicted octanol–water partition coefficient (Wildman–Crippen LogP) is 5.23. The van der Waals surface area contributed by atoms with Crippen molar-refractivity contribution in [1.29, 1.82) is 0 Å². The Hall–Kier alpha value is -1.16. The highest BCUT2D eigenvalue weighted by atomic mass is 16.3. The molecule has 0 aromatic rings. The molecule has 0 aromatic carbocycles. The second-order valence-electron chi connectivity index (χ2n) is 10.8. The molecule has 0 saturated heterocycles. The number of allylic oxidation sites excluding steroid dienone is 4. The van der Waals surface area contributed by atoms with E-state index in [0.717, 1.165) is 36.8 Å². The Kier molecular flexibility index (Phi) is 6.18. The zero-order chi connectivity index (χ0) is 21.5. The van der Waals surface area contributed by atoms with Gasteiger partial charge in [0, 0.05) is 6.42 Å². The van der Waals surface area contributed by atoms with Gasteiger partial charge in [0.25, 0.3) is 0 Å². The summed E-state index contributed by atoms with van der Waals surface area (Å²) in [6.07, 6.45) is 17.8. The minimum Gasteiger partial charge on any atom is -0.393 e. The standard InChI is InChI=1S/C27H40O3/c1-18(11-15-27(30)13-5-14-27)23-9-10-24-20(6-4-12-26(23,24)3)7-8-21-16-22(28)17-25(29)19(21)2/h7-8,11,15,18,22-25,28-30H,2,4-6,9-10,12-14,16-17H2,1,3H3/b15-11+,20-7+,21-8-/t18-,22+,23+,24-,25-,26+/m0/s1. The van der Waals surface area contributed by atoms with E-state index in [2.05, 4.69) is 44.7 Å². The highest BCUT2D eigenvalue weighted by Gasteiger charge is 2.50. The molecule has 6 atom stereocenters. The zero-order valence-electron chi connectivity index (χ0n) is 18.8. The van der Waals surface area contributed by atoms with Gasteiger partial charge in [0.05, 0.1) is 17.8 Å². The van der Waals surface area contributed by atoms with E-state index in [1.165, 1.54) is 31.3 Å². The van der Waals surface area contributed by atoms with Gasteiger partial charge < -0.3 is 15.3 Å². The van der Waals surface area contributed by atoms with Crippen molar-refractivity contribution in [2.45, 2.75) is 95.9 Å². The summed E-state index contributed by atoms with van der Waals surface area (Å²) in [6, 6.07) is 0. The second-order valence-corrected chi connectivity index (χ2v) is 10.8. The van der Waals surface area contributed by atoms with Crippen LogP contribution < -0.4 is 0 Å². The van der Waals surface area contributed by atoms with E-state index in [1.807, 2.05) is 0 Å². The average Bonchev–Trinajstić information content (AvgIpc) is 3.03. The number of fused-ring (bicyclic) bond motifs is 1. The van der Waals surface area contributed by atoms with E-state index >= 15 is 0 Å². The molecule has 0 aromatic heterocycles. The summed E-state index contributed by atoms with van der Waals surface area (Å²) >= 11 is 0. The van der Waals surface area contributed by atoms with Gasteiger partial charge in [0.15, 0.2) is 0 Å². The van der Waals surface area contributed by atoms with Gasteiger partial charge in [-0.3, -0.25) is 0 Å². The quantitative estimate of drug-likeness (QED) is 0.554. The molecule has 4 aliphatic carbocycles. The molecule has 0 amide bonds. The molecule has 166 valence electrons. The third kappa shape index (κ3) is 4.13. The monoisotopic (exact) mass is 412 g/mol. The lowest BCUT2D eigenvalue weighted by molar-refractivity contribution is 0.0132. The van der Waals surface area contributed by atoms with Crippen molar-refractivity contribution in [1.82, 2.24) is 0 Å². The topological polar surface area (TPSA) is 60.7 Å². The first kappa shape index (κ1) is 22.0. The first-order valence-electron chi connectivity index (χ1n) is 12.1. The summed E-state index contributed by atoms with van der Waals surface area (Å²) in [6.45, 7) is 8.89. The summed E-state index contributed by atoms with van der Waals surface area (Å²) < 4.78 is 0. The van der Waals surface area contributed by atoms with E-state index < -0.39 is 17.8 Å². The van der Waals surface area contributed by atoms with Gasteiger partial charge >= 0.3 is 0 Å². The molecule has 4 saturated carbocycles. The van der Waals surface area contributed by atoms with Gasteiger partial charge in [-0.15, -0.1) is 0 Å². The molecule has 3 heteroatoms. The van der Waals surface area contributed by atoms with Gasteiger partial charge in [0.2, 0.25) is 0 Å². The van der Waals surface area contributed by atoms with Crippen molar-refractivity contribution in [2.75, 3.05) is 0 Å². The molecule has 0 spiro atoms. The van der Waals surface area contributed by atoms with E-state index in [9.17, 15) is 15.3 Å². The maximum absolute atomic E-state index is 10.4. The van der Waals surface area contributed by atoms with Crippen molar-refractivity contribution in [3.05, 3.63) is 47.6 Å². The largest absolute Gasteiger partial charge is 0.393 e. The average molecular weight is 413 g/mol. The van der Waals surface area contributed by atoms with Crippen LogP contribution in [0.1, 0.15) is 78.1 Å². The summed E-state index contributed by atoms with van der Waals surface area (Å²) in [5.74, 6) is 1.76. The highest BCUT2D eigenvalue weighted by molar-refractivity contribution is 5.38. The fraction of sp³-hybridized carbons (Fsp3) is 0.704. The van der Waals surface area contributed by atoms with E-state index in [-0.39, 0.29) is 0 Å². The van der Waals surface area contributed by atoms with E-state index in [0.29, 0.717) is 36.0 Å². The van der Waals surface area contributed by atoms with Crippen LogP contribution in [0.2, 0.25) is 0 Å². The molecule has 4 rings (SSSR count). The number of hydrogen-bond acceptors (Lipinski definition) is 3. The third-order valence-corrected chi connectivity index (χ3v) is 8.87. The van der Waals surface area contributed by atoms with Crippen LogP contribution in [-0.4, -0.2) is 33.1 Å². The maximum atomic E-state index is 10.4. The Morgan fingerprint density at radius 3 is 2.57 bits per heavy atom. The SMILES string of the molecule is C=C1/C(=C\C=C2/CCC[C@]3(C)[C@@H]([C@@H](C)/C=C/C4(O)CCC4)CC[C@@H]23)C[C@@H](O)C[C@@H]1O. The highest BCUT2D eigenvalue weighted by Crippen LogP contribution is 2.59. The number of aliphatic hydroxyl groups is 3. The molecule has 30 heavy (non-hydrogen) atoms. The predicted molar refractivity (Wildman–Crippen MR) is 122 cm³/mol. The summed E-state index contributed by atoms with van der Waals surface area (Å²) in [5.41, 5.74) is 3.09. The molecular formula is C27H40O3. The summed E-state index contributed by atoms with van der Waals surface area (Å²) in [5, 5.41) is 30.6. The molecule has 0 bridgehead atoms. The van der Waals surface area contributed by atoms with Gasteiger partial charge in [0.1, 0.15) is 0 Å². The lowest BCUT2D eigenvalue weighted by Crippen LogP contribution is -2.36. The first-order chi connectivity index (χ1) is 14.2. The van der Waals surface area contributed by atoms with Crippen LogP contribution in [-0.2, 0) is 0 Å². The van der Waals surface area contributed by atoms with Gasteiger partial charge in [-0.05, 0) is 92.1 Å². The normalized spacial score (nSPS) is 42.5. The van der Waals surface area contributed by atoms with E-state index in [1.54, 1.807) is 0 Å². The van der Waals surface area contributed by atoms with Gasteiger partial charge in [-0.2, -0.15) is 0 Å². The van der Waals surface area contributed by atoms with Gasteiger partial charge in [-0.25, -0.2) is 0 Å². The molecule has 4 aliphatic rings. The Balaban J connectivity index is 1.50. The Morgan fingerprint density at radius 1 is 1.10 bits per heavy atom. The van der Waals surface area contributed by atoms with Crippen molar-refractivity contribution >= 4 is 0 Å². The lowest BCUT2D eigenvalue weighted by Gasteiger charge is -2.44. The molecule has 0 aliphatic heterocycles. The zero-order valence-corrected chi connectivity index (χ0v) is 18.8. The minimum atomic E-state index is -0.621. The summed E-state index contributed by atoms with van der Waals surface area (Å²) in [7, 11) is 0. The molecule has 3 nitrogen and oxygen atoms in total. The van der Waals surface area contributed by atoms with Crippen LogP contribution in [0.4, 0.5) is 0 Å². The minimum absolute atomic E-state index is 0.317. The van der Waals surface area contributed by atoms with Crippen LogP contribution in [0.3, 0.4) is 0 Å². The fourth-order valence-corrected chi connectivity index (χ4v) is 6.78. The molecule has 0 heterocycles. The van der Waals surface area contributed by atoms with Crippen molar-refractivity contribution < 1.29 is 15.3 Å². The number of hydrogen-bond donors (Lipinski definition) is 3. The van der Waals surface area contributed by atoms with Crippen LogP contribution in [0.25, 0.3) is 0 Å². The van der Waals surface area contributed by atoms with Crippen LogP contribution >= 0.6 is 0 Å². The Morgan fingerprint density at radius 2 is 1.87 bits per heavy atom. The molecule has 3 N–H and O–H groups in total. The van der Waals surface area contributed by atoms with Crippen LogP contribution in [0, 0.1) is 23.2 Å². The smallest absolute Gasteiger partial charge is 0.0827 e. The Labute approximate surface area is 182 Å². The van der Waals surface area contributed by atoms with Crippen LogP contribution in [0.5, 0.6) is 0 Å². The van der Waals surface area contributed by atoms with Crippen molar-refractivity contribution in [3.8, 4) is 0 Å². The maximum Gasteiger partial charge on any atom is 0.0827 e. The van der Waals surface area contributed by atoms with Crippen molar-refractivity contribution in [2.24, 2.45) is 23.2 Å². The fourth-order valence-electron chi connectivity index (χ4n) is 6.78.